The van der Waals surface area contributed by atoms with E-state index in [9.17, 15) is 0 Å². The van der Waals surface area contributed by atoms with Crippen molar-refractivity contribution >= 4 is 0 Å². The van der Waals surface area contributed by atoms with Gasteiger partial charge in [-0.15, -0.1) is 0 Å². The van der Waals surface area contributed by atoms with Crippen molar-refractivity contribution < 1.29 is 0 Å². The van der Waals surface area contributed by atoms with Crippen molar-refractivity contribution in [2.24, 2.45) is 35.5 Å². The molecule has 0 aliphatic heterocycles. The Morgan fingerprint density at radius 3 is 2.15 bits per heavy atom. The van der Waals surface area contributed by atoms with Crippen LogP contribution in [0.5, 0.6) is 0 Å². The molecule has 0 aromatic heterocycles. The highest BCUT2D eigenvalue weighted by Crippen LogP contribution is 2.58. The summed E-state index contributed by atoms with van der Waals surface area (Å²) in [5.41, 5.74) is 0. The molecule has 0 spiro atoms. The largest absolute Gasteiger partial charge is 0.0651 e. The van der Waals surface area contributed by atoms with Crippen molar-refractivity contribution in [1.82, 2.24) is 0 Å². The average molecular weight is 279 g/mol. The second-order valence-electron chi connectivity index (χ2n) is 8.36. The fourth-order valence-electron chi connectivity index (χ4n) is 4.55. The summed E-state index contributed by atoms with van der Waals surface area (Å²) in [6.07, 6.45) is 14.9. The van der Waals surface area contributed by atoms with Crippen molar-refractivity contribution in [3.05, 3.63) is 0 Å². The van der Waals surface area contributed by atoms with Crippen LogP contribution in [0.15, 0.2) is 0 Å². The maximum absolute atomic E-state index is 2.54. The summed E-state index contributed by atoms with van der Waals surface area (Å²) in [5.74, 6) is 6.36. The minimum atomic E-state index is 0.936. The number of unbranched alkanes of at least 4 members (excludes halogenated alkanes) is 1. The Hall–Kier alpha value is 0. The van der Waals surface area contributed by atoms with E-state index in [1.165, 1.54) is 56.8 Å². The van der Waals surface area contributed by atoms with Crippen LogP contribution in [-0.4, -0.2) is 0 Å². The van der Waals surface area contributed by atoms with Crippen LogP contribution in [-0.2, 0) is 0 Å². The Bertz CT molecular complexity index is 269. The number of fused-ring (bicyclic) bond motifs is 1. The van der Waals surface area contributed by atoms with Gasteiger partial charge in [-0.3, -0.25) is 0 Å². The van der Waals surface area contributed by atoms with Gasteiger partial charge in [-0.05, 0) is 54.8 Å². The molecule has 0 saturated heterocycles. The van der Waals surface area contributed by atoms with Gasteiger partial charge < -0.3 is 0 Å². The van der Waals surface area contributed by atoms with Crippen molar-refractivity contribution in [2.75, 3.05) is 0 Å². The summed E-state index contributed by atoms with van der Waals surface area (Å²) < 4.78 is 0. The molecule has 20 heavy (non-hydrogen) atoms. The predicted molar refractivity (Wildman–Crippen MR) is 89.8 cm³/mol. The van der Waals surface area contributed by atoms with Crippen molar-refractivity contribution in [2.45, 2.75) is 91.9 Å². The zero-order valence-electron chi connectivity index (χ0n) is 14.5. The summed E-state index contributed by atoms with van der Waals surface area (Å²) in [5, 5.41) is 0. The summed E-state index contributed by atoms with van der Waals surface area (Å²) in [7, 11) is 0. The summed E-state index contributed by atoms with van der Waals surface area (Å²) in [4.78, 5) is 0. The lowest BCUT2D eigenvalue weighted by Gasteiger charge is -2.21. The molecule has 2 fully saturated rings. The van der Waals surface area contributed by atoms with E-state index in [0.29, 0.717) is 0 Å². The highest BCUT2D eigenvalue weighted by Gasteiger charge is 2.49. The molecule has 0 N–H and O–H groups in total. The first kappa shape index (κ1) is 16.4. The van der Waals surface area contributed by atoms with Gasteiger partial charge in [-0.2, -0.15) is 0 Å². The van der Waals surface area contributed by atoms with Gasteiger partial charge in [-0.25, -0.2) is 0 Å². The molecule has 0 nitrogen and oxygen atoms in total. The van der Waals surface area contributed by atoms with E-state index in [4.69, 9.17) is 0 Å². The van der Waals surface area contributed by atoms with Crippen LogP contribution in [0.1, 0.15) is 91.9 Å². The van der Waals surface area contributed by atoms with E-state index in [1.807, 2.05) is 0 Å². The highest BCUT2D eigenvalue weighted by atomic mass is 14.5. The van der Waals surface area contributed by atoms with E-state index in [-0.39, 0.29) is 0 Å². The fraction of sp³-hybridized carbons (Fsp3) is 1.00. The predicted octanol–water partition coefficient (Wildman–Crippen LogP) is 6.69. The second kappa shape index (κ2) is 7.85. The molecule has 6 unspecified atom stereocenters. The topological polar surface area (TPSA) is 0 Å². The molecule has 2 aliphatic carbocycles. The summed E-state index contributed by atoms with van der Waals surface area (Å²) in [6.45, 7) is 9.74. The smallest absolute Gasteiger partial charge is 0.0352 e. The molecule has 0 aromatic rings. The van der Waals surface area contributed by atoms with Crippen LogP contribution in [0.2, 0.25) is 0 Å². The van der Waals surface area contributed by atoms with Crippen LogP contribution >= 0.6 is 0 Å². The molecule has 0 aromatic carbocycles. The van der Waals surface area contributed by atoms with Crippen molar-refractivity contribution in [3.8, 4) is 0 Å². The van der Waals surface area contributed by atoms with Crippen LogP contribution in [0.3, 0.4) is 0 Å². The molecule has 0 radical (unpaired) electrons. The normalized spacial score (nSPS) is 32.7. The molecule has 0 heteroatoms. The van der Waals surface area contributed by atoms with Gasteiger partial charge in [-0.1, -0.05) is 72.6 Å². The standard InChI is InChI=1S/C20H38/c1-5-15(2)10-11-16(3)8-6-7-9-17(4)19-13-12-18-14-20(18)19/h15-20H,5-14H2,1-4H3. The molecule has 2 saturated carbocycles. The molecule has 0 bridgehead atoms. The van der Waals surface area contributed by atoms with Gasteiger partial charge in [0.15, 0.2) is 0 Å². The molecule has 2 rings (SSSR count). The molecule has 2 aliphatic rings. The Morgan fingerprint density at radius 2 is 1.55 bits per heavy atom. The van der Waals surface area contributed by atoms with Gasteiger partial charge in [0.1, 0.15) is 0 Å². The summed E-state index contributed by atoms with van der Waals surface area (Å²) in [6, 6.07) is 0. The molecule has 118 valence electrons. The maximum atomic E-state index is 2.54. The number of hydrogen-bond donors (Lipinski definition) is 0. The zero-order valence-corrected chi connectivity index (χ0v) is 14.5. The second-order valence-corrected chi connectivity index (χ2v) is 8.36. The zero-order chi connectivity index (χ0) is 14.5. The van der Waals surface area contributed by atoms with Gasteiger partial charge in [0.2, 0.25) is 0 Å². The van der Waals surface area contributed by atoms with E-state index in [2.05, 4.69) is 27.7 Å². The van der Waals surface area contributed by atoms with E-state index in [1.54, 1.807) is 19.3 Å². The lowest BCUT2D eigenvalue weighted by molar-refractivity contribution is 0.297. The lowest BCUT2D eigenvalue weighted by Crippen LogP contribution is -2.11. The van der Waals surface area contributed by atoms with Gasteiger partial charge in [0.05, 0.1) is 0 Å². The van der Waals surface area contributed by atoms with Crippen LogP contribution in [0, 0.1) is 35.5 Å². The van der Waals surface area contributed by atoms with Crippen molar-refractivity contribution in [1.29, 1.82) is 0 Å². The third kappa shape index (κ3) is 4.78. The van der Waals surface area contributed by atoms with Crippen LogP contribution in [0.25, 0.3) is 0 Å². The highest BCUT2D eigenvalue weighted by molar-refractivity contribution is 4.98. The Kier molecular flexibility index (Phi) is 6.43. The maximum Gasteiger partial charge on any atom is -0.0352 e. The van der Waals surface area contributed by atoms with Gasteiger partial charge >= 0.3 is 0 Å². The van der Waals surface area contributed by atoms with Crippen LogP contribution in [0.4, 0.5) is 0 Å². The summed E-state index contributed by atoms with van der Waals surface area (Å²) >= 11 is 0. The molecular weight excluding hydrogens is 240 g/mol. The number of hydrogen-bond acceptors (Lipinski definition) is 0. The quantitative estimate of drug-likeness (QED) is 0.390. The minimum absolute atomic E-state index is 0.936. The van der Waals surface area contributed by atoms with Gasteiger partial charge in [0, 0.05) is 0 Å². The molecule has 6 atom stereocenters. The Balaban J connectivity index is 1.48. The third-order valence-corrected chi connectivity index (χ3v) is 6.58. The SMILES string of the molecule is CCC(C)CCC(C)CCCCC(C)C1CCC2CC21. The minimum Gasteiger partial charge on any atom is -0.0651 e. The fourth-order valence-corrected chi connectivity index (χ4v) is 4.55. The molecular formula is C20H38. The van der Waals surface area contributed by atoms with Gasteiger partial charge in [0.25, 0.3) is 0 Å². The van der Waals surface area contributed by atoms with E-state index < -0.39 is 0 Å². The Labute approximate surface area is 128 Å². The monoisotopic (exact) mass is 278 g/mol. The molecule has 0 heterocycles. The molecule has 0 amide bonds. The van der Waals surface area contributed by atoms with Crippen molar-refractivity contribution in [3.63, 3.8) is 0 Å². The van der Waals surface area contributed by atoms with E-state index >= 15 is 0 Å². The Morgan fingerprint density at radius 1 is 0.850 bits per heavy atom. The van der Waals surface area contributed by atoms with E-state index in [0.717, 1.165) is 23.7 Å². The number of rotatable bonds is 10. The third-order valence-electron chi connectivity index (χ3n) is 6.58. The lowest BCUT2D eigenvalue weighted by atomic mass is 9.85. The average Bonchev–Trinajstić information content (AvgIpc) is 3.11. The first-order valence-corrected chi connectivity index (χ1v) is 9.61. The van der Waals surface area contributed by atoms with Crippen LogP contribution < -0.4 is 0 Å². The first-order valence-electron chi connectivity index (χ1n) is 9.61. The first-order chi connectivity index (χ1) is 9.61.